The number of hydrogen-bond acceptors (Lipinski definition) is 6. The van der Waals surface area contributed by atoms with Crippen LogP contribution in [-0.2, 0) is 18.4 Å². The third-order valence-corrected chi connectivity index (χ3v) is 6.02. The second-order valence-electron chi connectivity index (χ2n) is 9.91. The van der Waals surface area contributed by atoms with Gasteiger partial charge in [-0.05, 0) is 50.1 Å². The van der Waals surface area contributed by atoms with E-state index in [-0.39, 0.29) is 17.0 Å². The molecule has 0 unspecified atom stereocenters. The minimum absolute atomic E-state index is 0.0694. The summed E-state index contributed by atoms with van der Waals surface area (Å²) in [5, 5.41) is 7.20. The van der Waals surface area contributed by atoms with Gasteiger partial charge in [0.25, 0.3) is 5.56 Å². The molecule has 1 aliphatic heterocycles. The highest BCUT2D eigenvalue weighted by molar-refractivity contribution is 5.77. The third-order valence-electron chi connectivity index (χ3n) is 6.02. The standard InChI is InChI=1S/C25H30N6O2/c1-15(2)30-23(32)19-14-27-24(28-18-7-6-17-13-26-10-8-16(17)12-18)29-22(19)31(30)20-9-11-33-21(20)25(3,4)5/h6-7,9,11-12,14-15,26H,8,10,13H2,1-5H3,(H,27,28,29). The number of hydrogen-bond donors (Lipinski definition) is 2. The van der Waals surface area contributed by atoms with E-state index >= 15 is 0 Å². The van der Waals surface area contributed by atoms with Crippen LogP contribution in [0.2, 0.25) is 0 Å². The zero-order valence-corrected chi connectivity index (χ0v) is 19.8. The van der Waals surface area contributed by atoms with Gasteiger partial charge >= 0.3 is 0 Å². The Morgan fingerprint density at radius 1 is 1.18 bits per heavy atom. The summed E-state index contributed by atoms with van der Waals surface area (Å²) in [6.45, 7) is 12.1. The molecule has 3 aromatic heterocycles. The first-order valence-corrected chi connectivity index (χ1v) is 11.4. The van der Waals surface area contributed by atoms with Crippen molar-refractivity contribution in [2.45, 2.75) is 59.0 Å². The normalized spacial score (nSPS) is 14.1. The molecule has 0 fully saturated rings. The van der Waals surface area contributed by atoms with Crippen molar-refractivity contribution in [1.29, 1.82) is 0 Å². The van der Waals surface area contributed by atoms with E-state index in [0.717, 1.165) is 36.6 Å². The number of rotatable bonds is 4. The summed E-state index contributed by atoms with van der Waals surface area (Å²) in [7, 11) is 0. The number of anilines is 2. The second-order valence-corrected chi connectivity index (χ2v) is 9.91. The SMILES string of the molecule is CC(C)n1c(=O)c2cnc(Nc3ccc4c(c3)CCNC4)nc2n1-c1ccoc1C(C)(C)C. The molecule has 33 heavy (non-hydrogen) atoms. The van der Waals surface area contributed by atoms with Crippen molar-refractivity contribution in [1.82, 2.24) is 24.6 Å². The highest BCUT2D eigenvalue weighted by Gasteiger charge is 2.27. The predicted molar refractivity (Wildman–Crippen MR) is 130 cm³/mol. The number of benzene rings is 1. The summed E-state index contributed by atoms with van der Waals surface area (Å²) in [6.07, 6.45) is 4.28. The third kappa shape index (κ3) is 3.74. The van der Waals surface area contributed by atoms with E-state index in [2.05, 4.69) is 48.5 Å². The lowest BCUT2D eigenvalue weighted by Gasteiger charge is -2.21. The lowest BCUT2D eigenvalue weighted by molar-refractivity contribution is 0.399. The van der Waals surface area contributed by atoms with Crippen molar-refractivity contribution in [2.24, 2.45) is 0 Å². The summed E-state index contributed by atoms with van der Waals surface area (Å²) >= 11 is 0. The van der Waals surface area contributed by atoms with Gasteiger partial charge in [0.1, 0.15) is 16.8 Å². The lowest BCUT2D eigenvalue weighted by atomic mass is 9.92. The average Bonchev–Trinajstić information content (AvgIpc) is 3.36. The van der Waals surface area contributed by atoms with E-state index in [1.54, 1.807) is 17.1 Å². The van der Waals surface area contributed by atoms with E-state index in [4.69, 9.17) is 9.40 Å². The van der Waals surface area contributed by atoms with Gasteiger partial charge in [-0.15, -0.1) is 0 Å². The predicted octanol–water partition coefficient (Wildman–Crippen LogP) is 4.44. The Kier molecular flexibility index (Phi) is 5.12. The van der Waals surface area contributed by atoms with Crippen LogP contribution in [0.1, 0.15) is 57.5 Å². The number of nitrogens with one attached hydrogen (secondary N) is 2. The van der Waals surface area contributed by atoms with Crippen molar-refractivity contribution in [3.8, 4) is 5.69 Å². The first-order valence-electron chi connectivity index (χ1n) is 11.4. The van der Waals surface area contributed by atoms with Gasteiger partial charge in [0.05, 0.1) is 6.26 Å². The number of aromatic nitrogens is 4. The molecular weight excluding hydrogens is 416 g/mol. The smallest absolute Gasteiger partial charge is 0.278 e. The van der Waals surface area contributed by atoms with E-state index in [9.17, 15) is 4.79 Å². The Morgan fingerprint density at radius 2 is 2.00 bits per heavy atom. The van der Waals surface area contributed by atoms with Gasteiger partial charge in [-0.3, -0.25) is 4.79 Å². The molecule has 4 heterocycles. The Labute approximate surface area is 192 Å². The quantitative estimate of drug-likeness (QED) is 0.482. The van der Waals surface area contributed by atoms with Crippen LogP contribution in [0.4, 0.5) is 11.6 Å². The van der Waals surface area contributed by atoms with Gasteiger partial charge in [0, 0.05) is 36.0 Å². The fourth-order valence-corrected chi connectivity index (χ4v) is 4.47. The molecular formula is C25H30N6O2. The maximum absolute atomic E-state index is 13.3. The molecule has 0 amide bonds. The Hall–Kier alpha value is -3.39. The second kappa shape index (κ2) is 7.88. The fourth-order valence-electron chi connectivity index (χ4n) is 4.47. The Bertz CT molecular complexity index is 1390. The fraction of sp³-hybridized carbons (Fsp3) is 0.400. The van der Waals surface area contributed by atoms with Crippen molar-refractivity contribution >= 4 is 22.7 Å². The minimum Gasteiger partial charge on any atom is -0.466 e. The molecule has 1 aliphatic rings. The van der Waals surface area contributed by atoms with Crippen LogP contribution in [0, 0.1) is 0 Å². The van der Waals surface area contributed by atoms with Gasteiger partial charge in [-0.2, -0.15) is 4.98 Å². The largest absolute Gasteiger partial charge is 0.466 e. The number of fused-ring (bicyclic) bond motifs is 2. The van der Waals surface area contributed by atoms with Crippen molar-refractivity contribution in [2.75, 3.05) is 11.9 Å². The van der Waals surface area contributed by atoms with Crippen LogP contribution in [0.5, 0.6) is 0 Å². The molecule has 0 radical (unpaired) electrons. The Balaban J connectivity index is 1.64. The van der Waals surface area contributed by atoms with Crippen molar-refractivity contribution in [3.05, 3.63) is 64.0 Å². The van der Waals surface area contributed by atoms with Crippen LogP contribution in [-0.4, -0.2) is 25.9 Å². The van der Waals surface area contributed by atoms with Crippen molar-refractivity contribution < 1.29 is 4.42 Å². The molecule has 0 aliphatic carbocycles. The monoisotopic (exact) mass is 446 g/mol. The molecule has 0 bridgehead atoms. The summed E-state index contributed by atoms with van der Waals surface area (Å²) < 4.78 is 9.44. The van der Waals surface area contributed by atoms with E-state index in [1.807, 2.05) is 30.7 Å². The summed E-state index contributed by atoms with van der Waals surface area (Å²) in [5.41, 5.74) is 4.60. The minimum atomic E-state index is -0.237. The molecule has 8 nitrogen and oxygen atoms in total. The molecule has 0 atom stereocenters. The van der Waals surface area contributed by atoms with Gasteiger partial charge in [-0.1, -0.05) is 26.8 Å². The maximum Gasteiger partial charge on any atom is 0.278 e. The lowest BCUT2D eigenvalue weighted by Crippen LogP contribution is -2.25. The summed E-state index contributed by atoms with van der Waals surface area (Å²) in [4.78, 5) is 22.5. The molecule has 172 valence electrons. The molecule has 0 saturated carbocycles. The van der Waals surface area contributed by atoms with Crippen molar-refractivity contribution in [3.63, 3.8) is 0 Å². The molecule has 4 aromatic rings. The van der Waals surface area contributed by atoms with Crippen LogP contribution in [0.15, 0.2) is 45.9 Å². The first kappa shape index (κ1) is 21.5. The zero-order chi connectivity index (χ0) is 23.3. The first-order chi connectivity index (χ1) is 15.7. The van der Waals surface area contributed by atoms with Gasteiger partial charge in [0.2, 0.25) is 5.95 Å². The highest BCUT2D eigenvalue weighted by atomic mass is 16.3. The summed E-state index contributed by atoms with van der Waals surface area (Å²) in [5.74, 6) is 1.25. The zero-order valence-electron chi connectivity index (χ0n) is 19.8. The molecule has 5 rings (SSSR count). The van der Waals surface area contributed by atoms with E-state index in [1.165, 1.54) is 11.1 Å². The van der Waals surface area contributed by atoms with Gasteiger partial charge in [0.15, 0.2) is 5.65 Å². The van der Waals surface area contributed by atoms with Crippen LogP contribution >= 0.6 is 0 Å². The number of furan rings is 1. The average molecular weight is 447 g/mol. The molecule has 2 N–H and O–H groups in total. The topological polar surface area (TPSA) is 89.9 Å². The van der Waals surface area contributed by atoms with Gasteiger partial charge in [-0.25, -0.2) is 14.3 Å². The highest BCUT2D eigenvalue weighted by Crippen LogP contribution is 2.31. The van der Waals surface area contributed by atoms with Crippen LogP contribution < -0.4 is 16.2 Å². The molecule has 1 aromatic carbocycles. The molecule has 8 heteroatoms. The summed E-state index contributed by atoms with van der Waals surface area (Å²) in [6, 6.07) is 8.16. The van der Waals surface area contributed by atoms with Crippen LogP contribution in [0.3, 0.4) is 0 Å². The van der Waals surface area contributed by atoms with E-state index in [0.29, 0.717) is 17.0 Å². The molecule has 0 spiro atoms. The van der Waals surface area contributed by atoms with Gasteiger partial charge < -0.3 is 15.1 Å². The maximum atomic E-state index is 13.3. The van der Waals surface area contributed by atoms with Crippen LogP contribution in [0.25, 0.3) is 16.7 Å². The number of nitrogens with zero attached hydrogens (tertiary/aromatic N) is 4. The Morgan fingerprint density at radius 3 is 2.76 bits per heavy atom. The molecule has 0 saturated heterocycles. The van der Waals surface area contributed by atoms with E-state index < -0.39 is 0 Å².